The van der Waals surface area contributed by atoms with Crippen LogP contribution in [0.3, 0.4) is 0 Å². The summed E-state index contributed by atoms with van der Waals surface area (Å²) in [6.07, 6.45) is 1.47. The molecule has 0 saturated carbocycles. The van der Waals surface area contributed by atoms with Gasteiger partial charge >= 0.3 is 0 Å². The highest BCUT2D eigenvalue weighted by molar-refractivity contribution is 7.09. The Morgan fingerprint density at radius 1 is 1.57 bits per heavy atom. The third-order valence-corrected chi connectivity index (χ3v) is 2.80. The van der Waals surface area contributed by atoms with Crippen molar-refractivity contribution in [2.75, 3.05) is 13.1 Å². The van der Waals surface area contributed by atoms with Gasteiger partial charge in [0.05, 0.1) is 12.7 Å². The number of rotatable bonds is 7. The Labute approximate surface area is 90.3 Å². The predicted octanol–water partition coefficient (Wildman–Crippen LogP) is 2.65. The number of hydrogen-bond acceptors (Lipinski definition) is 3. The molecule has 1 aromatic rings. The first-order valence-corrected chi connectivity index (χ1v) is 6.05. The van der Waals surface area contributed by atoms with E-state index < -0.39 is 0 Å². The van der Waals surface area contributed by atoms with Gasteiger partial charge in [-0.25, -0.2) is 0 Å². The fraction of sp³-hybridized carbons (Fsp3) is 0.636. The van der Waals surface area contributed by atoms with E-state index in [1.807, 2.05) is 0 Å². The molecule has 0 aliphatic rings. The molecule has 1 aromatic heterocycles. The normalized spacial score (nSPS) is 13.0. The maximum Gasteiger partial charge on any atom is 0.0813 e. The second-order valence-electron chi connectivity index (χ2n) is 3.41. The van der Waals surface area contributed by atoms with Crippen LogP contribution in [-0.4, -0.2) is 19.2 Å². The minimum Gasteiger partial charge on any atom is -0.372 e. The molecule has 0 spiro atoms. The molecule has 1 heterocycles. The van der Waals surface area contributed by atoms with Gasteiger partial charge in [-0.1, -0.05) is 13.0 Å². The van der Waals surface area contributed by atoms with E-state index in [2.05, 4.69) is 36.7 Å². The van der Waals surface area contributed by atoms with E-state index in [1.165, 1.54) is 11.3 Å². The van der Waals surface area contributed by atoms with E-state index in [4.69, 9.17) is 4.74 Å². The Morgan fingerprint density at radius 2 is 2.43 bits per heavy atom. The highest BCUT2D eigenvalue weighted by Gasteiger charge is 2.01. The number of hydrogen-bond donors (Lipinski definition) is 1. The minimum absolute atomic E-state index is 0.295. The largest absolute Gasteiger partial charge is 0.372 e. The monoisotopic (exact) mass is 213 g/mol. The second kappa shape index (κ2) is 6.98. The van der Waals surface area contributed by atoms with Crippen LogP contribution in [0.15, 0.2) is 17.5 Å². The van der Waals surface area contributed by atoms with Crippen molar-refractivity contribution >= 4 is 11.3 Å². The van der Waals surface area contributed by atoms with Crippen LogP contribution in [0.5, 0.6) is 0 Å². The molecule has 0 radical (unpaired) electrons. The molecule has 1 atom stereocenters. The summed E-state index contributed by atoms with van der Waals surface area (Å²) in [5, 5.41) is 5.43. The third kappa shape index (κ3) is 4.74. The van der Waals surface area contributed by atoms with Gasteiger partial charge in [0.1, 0.15) is 0 Å². The zero-order valence-electron chi connectivity index (χ0n) is 8.95. The van der Waals surface area contributed by atoms with Gasteiger partial charge in [-0.05, 0) is 31.3 Å². The highest BCUT2D eigenvalue weighted by Crippen LogP contribution is 2.10. The maximum atomic E-state index is 5.68. The number of nitrogens with one attached hydrogen (secondary N) is 1. The summed E-state index contributed by atoms with van der Waals surface area (Å²) in [5.74, 6) is 0. The minimum atomic E-state index is 0.295. The predicted molar refractivity (Wildman–Crippen MR) is 61.7 cm³/mol. The fourth-order valence-electron chi connectivity index (χ4n) is 1.16. The lowest BCUT2D eigenvalue weighted by Crippen LogP contribution is -2.27. The van der Waals surface area contributed by atoms with E-state index in [1.54, 1.807) is 11.3 Å². The third-order valence-electron chi connectivity index (χ3n) is 1.95. The number of ether oxygens (including phenoxy) is 1. The molecule has 1 unspecified atom stereocenters. The van der Waals surface area contributed by atoms with Gasteiger partial charge in [-0.2, -0.15) is 0 Å². The molecule has 14 heavy (non-hydrogen) atoms. The van der Waals surface area contributed by atoms with Crippen molar-refractivity contribution in [3.8, 4) is 0 Å². The van der Waals surface area contributed by atoms with Crippen LogP contribution < -0.4 is 5.32 Å². The van der Waals surface area contributed by atoms with Crippen LogP contribution in [0, 0.1) is 0 Å². The van der Waals surface area contributed by atoms with E-state index in [9.17, 15) is 0 Å². The van der Waals surface area contributed by atoms with Gasteiger partial charge in [-0.3, -0.25) is 0 Å². The standard InChI is InChI=1S/C11H19NOS/c1-3-6-12-8-10(2)13-9-11-5-4-7-14-11/h4-5,7,10,12H,3,6,8-9H2,1-2H3. The van der Waals surface area contributed by atoms with Crippen molar-refractivity contribution in [1.29, 1.82) is 0 Å². The molecule has 1 rings (SSSR count). The Kier molecular flexibility index (Phi) is 5.83. The average molecular weight is 213 g/mol. The van der Waals surface area contributed by atoms with Gasteiger partial charge in [0.2, 0.25) is 0 Å². The van der Waals surface area contributed by atoms with Crippen LogP contribution >= 0.6 is 11.3 Å². The molecule has 1 N–H and O–H groups in total. The SMILES string of the molecule is CCCNCC(C)OCc1cccs1. The highest BCUT2D eigenvalue weighted by atomic mass is 32.1. The Morgan fingerprint density at radius 3 is 3.07 bits per heavy atom. The smallest absolute Gasteiger partial charge is 0.0813 e. The molecule has 0 aliphatic carbocycles. The van der Waals surface area contributed by atoms with Gasteiger partial charge < -0.3 is 10.1 Å². The molecule has 0 aromatic carbocycles. The second-order valence-corrected chi connectivity index (χ2v) is 4.44. The van der Waals surface area contributed by atoms with Gasteiger partial charge in [0.15, 0.2) is 0 Å². The summed E-state index contributed by atoms with van der Waals surface area (Å²) in [4.78, 5) is 1.30. The lowest BCUT2D eigenvalue weighted by molar-refractivity contribution is 0.0550. The quantitative estimate of drug-likeness (QED) is 0.703. The van der Waals surface area contributed by atoms with Crippen LogP contribution in [0.2, 0.25) is 0 Å². The Balaban J connectivity index is 2.06. The lowest BCUT2D eigenvalue weighted by Gasteiger charge is -2.12. The Bertz CT molecular complexity index is 223. The molecule has 0 saturated heterocycles. The Hall–Kier alpha value is -0.380. The summed E-state index contributed by atoms with van der Waals surface area (Å²) in [6.45, 7) is 7.04. The average Bonchev–Trinajstić information content (AvgIpc) is 2.68. The first kappa shape index (κ1) is 11.7. The molecule has 80 valence electrons. The first-order valence-electron chi connectivity index (χ1n) is 5.17. The summed E-state index contributed by atoms with van der Waals surface area (Å²) in [6, 6.07) is 4.17. The van der Waals surface area contributed by atoms with E-state index >= 15 is 0 Å². The van der Waals surface area contributed by atoms with Crippen molar-refractivity contribution in [2.45, 2.75) is 33.0 Å². The molecule has 2 nitrogen and oxygen atoms in total. The molecule has 0 amide bonds. The zero-order chi connectivity index (χ0) is 10.2. The van der Waals surface area contributed by atoms with Crippen molar-refractivity contribution < 1.29 is 4.74 Å². The van der Waals surface area contributed by atoms with Crippen molar-refractivity contribution in [2.24, 2.45) is 0 Å². The molecule has 0 bridgehead atoms. The zero-order valence-corrected chi connectivity index (χ0v) is 9.77. The van der Waals surface area contributed by atoms with Crippen molar-refractivity contribution in [3.05, 3.63) is 22.4 Å². The van der Waals surface area contributed by atoms with Crippen molar-refractivity contribution in [1.82, 2.24) is 5.32 Å². The number of thiophene rings is 1. The van der Waals surface area contributed by atoms with Crippen LogP contribution in [0.1, 0.15) is 25.1 Å². The fourth-order valence-corrected chi connectivity index (χ4v) is 1.79. The van der Waals surface area contributed by atoms with Crippen LogP contribution in [0.25, 0.3) is 0 Å². The van der Waals surface area contributed by atoms with E-state index in [0.717, 1.165) is 19.7 Å². The van der Waals surface area contributed by atoms with E-state index in [-0.39, 0.29) is 0 Å². The summed E-state index contributed by atoms with van der Waals surface area (Å²) in [5.41, 5.74) is 0. The van der Waals surface area contributed by atoms with Gasteiger partial charge in [0, 0.05) is 11.4 Å². The summed E-state index contributed by atoms with van der Waals surface area (Å²) < 4.78 is 5.68. The van der Waals surface area contributed by atoms with Gasteiger partial charge in [0.25, 0.3) is 0 Å². The summed E-state index contributed by atoms with van der Waals surface area (Å²) >= 11 is 1.75. The molecule has 0 aliphatic heterocycles. The topological polar surface area (TPSA) is 21.3 Å². The van der Waals surface area contributed by atoms with Gasteiger partial charge in [-0.15, -0.1) is 11.3 Å². The first-order chi connectivity index (χ1) is 6.83. The maximum absolute atomic E-state index is 5.68. The molecule has 3 heteroatoms. The van der Waals surface area contributed by atoms with Crippen LogP contribution in [0.4, 0.5) is 0 Å². The molecular formula is C11H19NOS. The van der Waals surface area contributed by atoms with Crippen LogP contribution in [-0.2, 0) is 11.3 Å². The lowest BCUT2D eigenvalue weighted by atomic mass is 10.4. The molecular weight excluding hydrogens is 194 g/mol. The molecule has 0 fully saturated rings. The van der Waals surface area contributed by atoms with Crippen molar-refractivity contribution in [3.63, 3.8) is 0 Å². The van der Waals surface area contributed by atoms with E-state index in [0.29, 0.717) is 6.10 Å². The summed E-state index contributed by atoms with van der Waals surface area (Å²) in [7, 11) is 0.